The molecule has 17 heavy (non-hydrogen) atoms. The van der Waals surface area contributed by atoms with Crippen molar-refractivity contribution >= 4 is 22.9 Å². The summed E-state index contributed by atoms with van der Waals surface area (Å²) >= 11 is 7.59. The fourth-order valence-corrected chi connectivity index (χ4v) is 3.23. The van der Waals surface area contributed by atoms with E-state index in [1.165, 1.54) is 10.4 Å². The maximum absolute atomic E-state index is 5.94. The van der Waals surface area contributed by atoms with Crippen LogP contribution in [0.4, 0.5) is 0 Å². The smallest absolute Gasteiger partial charge is 0.115 e. The van der Waals surface area contributed by atoms with Crippen molar-refractivity contribution < 1.29 is 0 Å². The molecule has 0 radical (unpaired) electrons. The standard InChI is InChI=1S/C12H12ClN3S/c13-12-2-1-10(17-12)6-16-4-3-9-5-14-8-15-11(9)7-16/h1-2,5,8H,3-4,6-7H2. The van der Waals surface area contributed by atoms with Crippen LogP contribution in [0.1, 0.15) is 16.1 Å². The van der Waals surface area contributed by atoms with Crippen LogP contribution in [0.2, 0.25) is 4.34 Å². The zero-order valence-corrected chi connectivity index (χ0v) is 10.8. The van der Waals surface area contributed by atoms with Crippen molar-refractivity contribution in [3.05, 3.63) is 45.1 Å². The summed E-state index contributed by atoms with van der Waals surface area (Å²) in [5, 5.41) is 0. The van der Waals surface area contributed by atoms with Gasteiger partial charge in [0.1, 0.15) is 6.33 Å². The highest BCUT2D eigenvalue weighted by molar-refractivity contribution is 7.16. The summed E-state index contributed by atoms with van der Waals surface area (Å²) in [5.41, 5.74) is 2.45. The molecule has 2 aromatic rings. The van der Waals surface area contributed by atoms with Gasteiger partial charge in [-0.15, -0.1) is 11.3 Å². The summed E-state index contributed by atoms with van der Waals surface area (Å²) < 4.78 is 0.861. The van der Waals surface area contributed by atoms with Gasteiger partial charge in [0.15, 0.2) is 0 Å². The van der Waals surface area contributed by atoms with E-state index in [4.69, 9.17) is 11.6 Å². The average Bonchev–Trinajstić information content (AvgIpc) is 2.75. The molecule has 0 unspecified atom stereocenters. The van der Waals surface area contributed by atoms with E-state index in [1.54, 1.807) is 17.7 Å². The fraction of sp³-hybridized carbons (Fsp3) is 0.333. The molecule has 1 aliphatic rings. The highest BCUT2D eigenvalue weighted by Gasteiger charge is 2.17. The third-order valence-electron chi connectivity index (χ3n) is 2.96. The Morgan fingerprint density at radius 3 is 3.18 bits per heavy atom. The van der Waals surface area contributed by atoms with Gasteiger partial charge in [0.25, 0.3) is 0 Å². The fourth-order valence-electron chi connectivity index (χ4n) is 2.10. The molecule has 1 aliphatic heterocycles. The normalized spacial score (nSPS) is 15.8. The molecule has 0 fully saturated rings. The lowest BCUT2D eigenvalue weighted by atomic mass is 10.1. The SMILES string of the molecule is Clc1ccc(CN2CCc3cncnc3C2)s1. The van der Waals surface area contributed by atoms with Crippen molar-refractivity contribution in [1.29, 1.82) is 0 Å². The van der Waals surface area contributed by atoms with Crippen molar-refractivity contribution in [2.45, 2.75) is 19.5 Å². The Morgan fingerprint density at radius 1 is 1.41 bits per heavy atom. The van der Waals surface area contributed by atoms with Crippen molar-refractivity contribution in [3.8, 4) is 0 Å². The molecule has 0 aliphatic carbocycles. The minimum absolute atomic E-state index is 0.861. The minimum atomic E-state index is 0.861. The van der Waals surface area contributed by atoms with Crippen molar-refractivity contribution in [1.82, 2.24) is 14.9 Å². The molecule has 3 heterocycles. The number of hydrogen-bond acceptors (Lipinski definition) is 4. The van der Waals surface area contributed by atoms with Crippen LogP contribution in [-0.2, 0) is 19.5 Å². The summed E-state index contributed by atoms with van der Waals surface area (Å²) in [6, 6.07) is 4.06. The van der Waals surface area contributed by atoms with E-state index in [9.17, 15) is 0 Å². The van der Waals surface area contributed by atoms with Crippen LogP contribution in [-0.4, -0.2) is 21.4 Å². The predicted molar refractivity (Wildman–Crippen MR) is 69.2 cm³/mol. The molecule has 2 aromatic heterocycles. The molecule has 0 atom stereocenters. The maximum atomic E-state index is 5.94. The number of fused-ring (bicyclic) bond motifs is 1. The number of aromatic nitrogens is 2. The van der Waals surface area contributed by atoms with E-state index in [0.29, 0.717) is 0 Å². The summed E-state index contributed by atoms with van der Waals surface area (Å²) in [5.74, 6) is 0. The molecular formula is C12H12ClN3S. The predicted octanol–water partition coefficient (Wildman–Crippen LogP) is 2.75. The number of nitrogens with zero attached hydrogens (tertiary/aromatic N) is 3. The van der Waals surface area contributed by atoms with Crippen LogP contribution in [0, 0.1) is 0 Å². The molecule has 88 valence electrons. The molecule has 3 nitrogen and oxygen atoms in total. The summed E-state index contributed by atoms with van der Waals surface area (Å²) in [7, 11) is 0. The van der Waals surface area contributed by atoms with Gasteiger partial charge in [0.05, 0.1) is 10.0 Å². The second kappa shape index (κ2) is 4.72. The lowest BCUT2D eigenvalue weighted by Gasteiger charge is -2.26. The van der Waals surface area contributed by atoms with E-state index in [1.807, 2.05) is 12.3 Å². The van der Waals surface area contributed by atoms with Crippen LogP contribution >= 0.6 is 22.9 Å². The van der Waals surface area contributed by atoms with E-state index in [0.717, 1.165) is 36.1 Å². The third kappa shape index (κ3) is 2.49. The maximum Gasteiger partial charge on any atom is 0.115 e. The van der Waals surface area contributed by atoms with Gasteiger partial charge in [-0.1, -0.05) is 11.6 Å². The topological polar surface area (TPSA) is 29.0 Å². The quantitative estimate of drug-likeness (QED) is 0.836. The Bertz CT molecular complexity index is 526. The molecule has 0 bridgehead atoms. The van der Waals surface area contributed by atoms with Crippen LogP contribution < -0.4 is 0 Å². The van der Waals surface area contributed by atoms with Crippen molar-refractivity contribution in [2.75, 3.05) is 6.54 Å². The van der Waals surface area contributed by atoms with Crippen LogP contribution in [0.3, 0.4) is 0 Å². The molecule has 3 rings (SSSR count). The van der Waals surface area contributed by atoms with Crippen molar-refractivity contribution in [2.24, 2.45) is 0 Å². The minimum Gasteiger partial charge on any atom is -0.292 e. The zero-order valence-electron chi connectivity index (χ0n) is 9.27. The van der Waals surface area contributed by atoms with Crippen LogP contribution in [0.15, 0.2) is 24.7 Å². The molecular weight excluding hydrogens is 254 g/mol. The van der Waals surface area contributed by atoms with E-state index in [-0.39, 0.29) is 0 Å². The lowest BCUT2D eigenvalue weighted by molar-refractivity contribution is 0.243. The van der Waals surface area contributed by atoms with Crippen LogP contribution in [0.5, 0.6) is 0 Å². The largest absolute Gasteiger partial charge is 0.292 e. The van der Waals surface area contributed by atoms with Gasteiger partial charge in [-0.2, -0.15) is 0 Å². The van der Waals surface area contributed by atoms with Gasteiger partial charge in [-0.25, -0.2) is 9.97 Å². The molecule has 0 saturated carbocycles. The van der Waals surface area contributed by atoms with E-state index >= 15 is 0 Å². The average molecular weight is 266 g/mol. The molecule has 0 spiro atoms. The first-order valence-corrected chi connectivity index (χ1v) is 6.75. The molecule has 0 N–H and O–H groups in total. The highest BCUT2D eigenvalue weighted by atomic mass is 35.5. The van der Waals surface area contributed by atoms with Gasteiger partial charge in [0.2, 0.25) is 0 Å². The van der Waals surface area contributed by atoms with Gasteiger partial charge >= 0.3 is 0 Å². The van der Waals surface area contributed by atoms with Gasteiger partial charge in [-0.3, -0.25) is 4.90 Å². The number of rotatable bonds is 2. The monoisotopic (exact) mass is 265 g/mol. The summed E-state index contributed by atoms with van der Waals surface area (Å²) in [6.07, 6.45) is 4.60. The second-order valence-electron chi connectivity index (χ2n) is 4.16. The van der Waals surface area contributed by atoms with E-state index < -0.39 is 0 Å². The van der Waals surface area contributed by atoms with Gasteiger partial charge in [0, 0.05) is 30.7 Å². The van der Waals surface area contributed by atoms with E-state index in [2.05, 4.69) is 20.9 Å². The molecule has 0 saturated heterocycles. The third-order valence-corrected chi connectivity index (χ3v) is 4.18. The highest BCUT2D eigenvalue weighted by Crippen LogP contribution is 2.24. The Balaban J connectivity index is 1.72. The first-order valence-electron chi connectivity index (χ1n) is 5.55. The Kier molecular flexibility index (Phi) is 3.09. The van der Waals surface area contributed by atoms with Crippen LogP contribution in [0.25, 0.3) is 0 Å². The Hall–Kier alpha value is -0.970. The number of hydrogen-bond donors (Lipinski definition) is 0. The summed E-state index contributed by atoms with van der Waals surface area (Å²) in [4.78, 5) is 12.1. The zero-order chi connectivity index (χ0) is 11.7. The summed E-state index contributed by atoms with van der Waals surface area (Å²) in [6.45, 7) is 2.93. The first-order chi connectivity index (χ1) is 8.31. The Morgan fingerprint density at radius 2 is 2.35 bits per heavy atom. The number of thiophene rings is 1. The lowest BCUT2D eigenvalue weighted by Crippen LogP contribution is -2.30. The van der Waals surface area contributed by atoms with Gasteiger partial charge < -0.3 is 0 Å². The molecule has 0 aromatic carbocycles. The molecule has 5 heteroatoms. The van der Waals surface area contributed by atoms with Gasteiger partial charge in [-0.05, 0) is 24.1 Å². The second-order valence-corrected chi connectivity index (χ2v) is 5.96. The number of halogens is 1. The Labute approximate surface area is 109 Å². The van der Waals surface area contributed by atoms with Crippen molar-refractivity contribution in [3.63, 3.8) is 0 Å². The first kappa shape index (κ1) is 11.1. The molecule has 0 amide bonds.